The van der Waals surface area contributed by atoms with Crippen molar-refractivity contribution in [2.75, 3.05) is 6.61 Å². The lowest BCUT2D eigenvalue weighted by molar-refractivity contribution is -0.137. The predicted molar refractivity (Wildman–Crippen MR) is 72.5 cm³/mol. The van der Waals surface area contributed by atoms with Crippen LogP contribution in [0.5, 0.6) is 5.75 Å². The molecule has 0 unspecified atom stereocenters. The molecule has 0 N–H and O–H groups in total. The highest BCUT2D eigenvalue weighted by Gasteiger charge is 1.99. The molecular weight excluding hydrogens is 228 g/mol. The van der Waals surface area contributed by atoms with Gasteiger partial charge in [-0.3, -0.25) is 0 Å². The Kier molecular flexibility index (Phi) is 5.98. The molecule has 1 aromatic rings. The fourth-order valence-corrected chi connectivity index (χ4v) is 1.38. The molecule has 18 heavy (non-hydrogen) atoms. The SMILES string of the molecule is CCCOC(=O)C=Cc1cccc(OC(C)C)c1. The van der Waals surface area contributed by atoms with Crippen LogP contribution in [-0.4, -0.2) is 18.7 Å². The third kappa shape index (κ3) is 5.53. The van der Waals surface area contributed by atoms with Gasteiger partial charge in [0.2, 0.25) is 0 Å². The van der Waals surface area contributed by atoms with Gasteiger partial charge in [-0.05, 0) is 44.0 Å². The maximum absolute atomic E-state index is 11.3. The normalized spacial score (nSPS) is 10.9. The molecule has 3 heteroatoms. The topological polar surface area (TPSA) is 35.5 Å². The molecule has 3 nitrogen and oxygen atoms in total. The first-order chi connectivity index (χ1) is 8.61. The summed E-state index contributed by atoms with van der Waals surface area (Å²) in [7, 11) is 0. The van der Waals surface area contributed by atoms with Gasteiger partial charge in [0.05, 0.1) is 12.7 Å². The Balaban J connectivity index is 2.61. The molecule has 0 fully saturated rings. The molecule has 0 bridgehead atoms. The highest BCUT2D eigenvalue weighted by Crippen LogP contribution is 2.15. The van der Waals surface area contributed by atoms with E-state index in [1.54, 1.807) is 6.08 Å². The highest BCUT2D eigenvalue weighted by molar-refractivity contribution is 5.87. The second-order valence-electron chi connectivity index (χ2n) is 4.24. The predicted octanol–water partition coefficient (Wildman–Crippen LogP) is 3.44. The van der Waals surface area contributed by atoms with Crippen molar-refractivity contribution in [1.82, 2.24) is 0 Å². The molecule has 0 radical (unpaired) electrons. The quantitative estimate of drug-likeness (QED) is 0.571. The lowest BCUT2D eigenvalue weighted by atomic mass is 10.2. The molecule has 0 aliphatic heterocycles. The molecule has 0 saturated heterocycles. The summed E-state index contributed by atoms with van der Waals surface area (Å²) in [5, 5.41) is 0. The number of benzene rings is 1. The number of carbonyl (C=O) groups excluding carboxylic acids is 1. The minimum absolute atomic E-state index is 0.138. The summed E-state index contributed by atoms with van der Waals surface area (Å²) in [4.78, 5) is 11.3. The van der Waals surface area contributed by atoms with Crippen LogP contribution in [0.3, 0.4) is 0 Å². The van der Waals surface area contributed by atoms with E-state index >= 15 is 0 Å². The molecule has 1 rings (SSSR count). The lowest BCUT2D eigenvalue weighted by Gasteiger charge is -2.09. The summed E-state index contributed by atoms with van der Waals surface area (Å²) >= 11 is 0. The lowest BCUT2D eigenvalue weighted by Crippen LogP contribution is -2.05. The number of ether oxygens (including phenoxy) is 2. The van der Waals surface area contributed by atoms with Gasteiger partial charge in [-0.1, -0.05) is 19.1 Å². The first-order valence-corrected chi connectivity index (χ1v) is 6.23. The Labute approximate surface area is 108 Å². The molecule has 0 spiro atoms. The molecule has 0 aromatic heterocycles. The van der Waals surface area contributed by atoms with Gasteiger partial charge >= 0.3 is 5.97 Å². The average Bonchev–Trinajstić information content (AvgIpc) is 2.33. The zero-order valence-electron chi connectivity index (χ0n) is 11.2. The number of esters is 1. The first-order valence-electron chi connectivity index (χ1n) is 6.23. The van der Waals surface area contributed by atoms with Crippen LogP contribution in [-0.2, 0) is 9.53 Å². The Hall–Kier alpha value is -1.77. The van der Waals surface area contributed by atoms with E-state index in [9.17, 15) is 4.79 Å². The van der Waals surface area contributed by atoms with Crippen LogP contribution in [0.1, 0.15) is 32.8 Å². The smallest absolute Gasteiger partial charge is 0.330 e. The van der Waals surface area contributed by atoms with Gasteiger partial charge in [-0.25, -0.2) is 4.79 Å². The van der Waals surface area contributed by atoms with Gasteiger partial charge < -0.3 is 9.47 Å². The van der Waals surface area contributed by atoms with Gasteiger partial charge in [0.25, 0.3) is 0 Å². The summed E-state index contributed by atoms with van der Waals surface area (Å²) in [6, 6.07) is 7.60. The van der Waals surface area contributed by atoms with E-state index in [1.165, 1.54) is 6.08 Å². The third-order valence-corrected chi connectivity index (χ3v) is 2.09. The highest BCUT2D eigenvalue weighted by atomic mass is 16.5. The molecule has 0 aliphatic carbocycles. The van der Waals surface area contributed by atoms with Gasteiger partial charge in [-0.15, -0.1) is 0 Å². The van der Waals surface area contributed by atoms with Crippen molar-refractivity contribution in [3.05, 3.63) is 35.9 Å². The summed E-state index contributed by atoms with van der Waals surface area (Å²) in [5.41, 5.74) is 0.918. The van der Waals surface area contributed by atoms with Crippen LogP contribution in [0.15, 0.2) is 30.3 Å². The number of hydrogen-bond donors (Lipinski definition) is 0. The van der Waals surface area contributed by atoms with E-state index in [-0.39, 0.29) is 12.1 Å². The van der Waals surface area contributed by atoms with Crippen molar-refractivity contribution in [1.29, 1.82) is 0 Å². The van der Waals surface area contributed by atoms with E-state index < -0.39 is 0 Å². The monoisotopic (exact) mass is 248 g/mol. The van der Waals surface area contributed by atoms with Gasteiger partial charge in [0.15, 0.2) is 0 Å². The van der Waals surface area contributed by atoms with E-state index in [0.717, 1.165) is 17.7 Å². The van der Waals surface area contributed by atoms with Crippen LogP contribution >= 0.6 is 0 Å². The fraction of sp³-hybridized carbons (Fsp3) is 0.400. The molecule has 0 saturated carbocycles. The Bertz CT molecular complexity index is 408. The van der Waals surface area contributed by atoms with Crippen LogP contribution in [0.4, 0.5) is 0 Å². The minimum Gasteiger partial charge on any atom is -0.491 e. The minimum atomic E-state index is -0.313. The first kappa shape index (κ1) is 14.3. The van der Waals surface area contributed by atoms with Crippen molar-refractivity contribution >= 4 is 12.0 Å². The maximum Gasteiger partial charge on any atom is 0.330 e. The van der Waals surface area contributed by atoms with Crippen LogP contribution < -0.4 is 4.74 Å². The molecular formula is C15H20O3. The Morgan fingerprint density at radius 3 is 2.83 bits per heavy atom. The molecule has 0 heterocycles. The number of carbonyl (C=O) groups is 1. The van der Waals surface area contributed by atoms with Gasteiger partial charge in [0, 0.05) is 6.08 Å². The number of hydrogen-bond acceptors (Lipinski definition) is 3. The van der Waals surface area contributed by atoms with Gasteiger partial charge in [-0.2, -0.15) is 0 Å². The molecule has 1 aromatic carbocycles. The fourth-order valence-electron chi connectivity index (χ4n) is 1.38. The Morgan fingerprint density at radius 1 is 1.39 bits per heavy atom. The van der Waals surface area contributed by atoms with Crippen molar-refractivity contribution in [3.8, 4) is 5.75 Å². The average molecular weight is 248 g/mol. The van der Waals surface area contributed by atoms with Crippen molar-refractivity contribution in [3.63, 3.8) is 0 Å². The van der Waals surface area contributed by atoms with Crippen molar-refractivity contribution in [2.24, 2.45) is 0 Å². The zero-order chi connectivity index (χ0) is 13.4. The maximum atomic E-state index is 11.3. The van der Waals surface area contributed by atoms with E-state index in [0.29, 0.717) is 6.61 Å². The largest absolute Gasteiger partial charge is 0.491 e. The Morgan fingerprint density at radius 2 is 2.17 bits per heavy atom. The zero-order valence-corrected chi connectivity index (χ0v) is 11.2. The van der Waals surface area contributed by atoms with Crippen LogP contribution in [0.2, 0.25) is 0 Å². The summed E-state index contributed by atoms with van der Waals surface area (Å²) < 4.78 is 10.5. The van der Waals surface area contributed by atoms with Gasteiger partial charge in [0.1, 0.15) is 5.75 Å². The summed E-state index contributed by atoms with van der Waals surface area (Å²) in [6.07, 6.45) is 4.13. The van der Waals surface area contributed by atoms with Crippen molar-refractivity contribution < 1.29 is 14.3 Å². The molecule has 0 atom stereocenters. The van der Waals surface area contributed by atoms with Crippen LogP contribution in [0.25, 0.3) is 6.08 Å². The summed E-state index contributed by atoms with van der Waals surface area (Å²) in [5.74, 6) is 0.487. The second kappa shape index (κ2) is 7.54. The van der Waals surface area contributed by atoms with E-state index in [4.69, 9.17) is 9.47 Å². The molecule has 0 aliphatic rings. The van der Waals surface area contributed by atoms with Crippen molar-refractivity contribution in [2.45, 2.75) is 33.3 Å². The standard InChI is InChI=1S/C15H20O3/c1-4-10-17-15(16)9-8-13-6-5-7-14(11-13)18-12(2)3/h5-9,11-12H,4,10H2,1-3H3. The summed E-state index contributed by atoms with van der Waals surface area (Å²) in [6.45, 7) is 6.37. The molecule has 0 amide bonds. The third-order valence-electron chi connectivity index (χ3n) is 2.09. The molecule has 98 valence electrons. The van der Waals surface area contributed by atoms with E-state index in [1.807, 2.05) is 45.0 Å². The number of rotatable bonds is 6. The van der Waals surface area contributed by atoms with Crippen LogP contribution in [0, 0.1) is 0 Å². The second-order valence-corrected chi connectivity index (χ2v) is 4.24. The van der Waals surface area contributed by atoms with E-state index in [2.05, 4.69) is 0 Å².